The van der Waals surface area contributed by atoms with Crippen molar-refractivity contribution in [3.63, 3.8) is 0 Å². The molecule has 0 bridgehead atoms. The van der Waals surface area contributed by atoms with E-state index in [9.17, 15) is 22.8 Å². The third kappa shape index (κ3) is 4.11. The maximum absolute atomic E-state index is 12.5. The molecule has 19 heavy (non-hydrogen) atoms. The molecular weight excluding hydrogens is 263 g/mol. The number of carbonyl (C=O) groups is 2. The molecule has 0 saturated carbocycles. The second-order valence-corrected chi connectivity index (χ2v) is 5.38. The fourth-order valence-corrected chi connectivity index (χ4v) is 2.55. The van der Waals surface area contributed by atoms with E-state index in [1.165, 1.54) is 0 Å². The minimum Gasteiger partial charge on any atom is -0.480 e. The fourth-order valence-electron chi connectivity index (χ4n) is 2.55. The average molecular weight is 281 g/mol. The Morgan fingerprint density at radius 1 is 1.32 bits per heavy atom. The first-order valence-electron chi connectivity index (χ1n) is 6.23. The zero-order valence-electron chi connectivity index (χ0n) is 10.9. The first-order chi connectivity index (χ1) is 8.62. The van der Waals surface area contributed by atoms with Crippen LogP contribution in [0.5, 0.6) is 0 Å². The number of alkyl halides is 3. The van der Waals surface area contributed by atoms with Crippen LogP contribution in [0.1, 0.15) is 33.1 Å². The molecule has 0 aromatic heterocycles. The van der Waals surface area contributed by atoms with Gasteiger partial charge in [0.25, 0.3) is 0 Å². The molecule has 2 unspecified atom stereocenters. The predicted molar refractivity (Wildman–Crippen MR) is 61.4 cm³/mol. The highest BCUT2D eigenvalue weighted by Crippen LogP contribution is 2.30. The Labute approximate surface area is 109 Å². The van der Waals surface area contributed by atoms with Crippen LogP contribution in [0.25, 0.3) is 0 Å². The summed E-state index contributed by atoms with van der Waals surface area (Å²) in [5.41, 5.74) is 0. The third-order valence-corrected chi connectivity index (χ3v) is 3.27. The van der Waals surface area contributed by atoms with Gasteiger partial charge in [-0.15, -0.1) is 0 Å². The van der Waals surface area contributed by atoms with Crippen molar-refractivity contribution in [2.75, 3.05) is 6.54 Å². The summed E-state index contributed by atoms with van der Waals surface area (Å²) in [4.78, 5) is 22.7. The number of carboxylic acids is 1. The van der Waals surface area contributed by atoms with Crippen LogP contribution in [0.2, 0.25) is 0 Å². The molecular formula is C12H18F3NO3. The molecule has 1 N–H and O–H groups in total. The van der Waals surface area contributed by atoms with E-state index in [4.69, 9.17) is 5.11 Å². The van der Waals surface area contributed by atoms with Gasteiger partial charge in [0.05, 0.1) is 0 Å². The highest BCUT2D eigenvalue weighted by molar-refractivity contribution is 5.87. The Bertz CT molecular complexity index is 355. The van der Waals surface area contributed by atoms with Crippen molar-refractivity contribution in [1.29, 1.82) is 0 Å². The largest absolute Gasteiger partial charge is 0.480 e. The summed E-state index contributed by atoms with van der Waals surface area (Å²) in [7, 11) is 0. The molecule has 0 aromatic carbocycles. The maximum atomic E-state index is 12.5. The van der Waals surface area contributed by atoms with E-state index in [1.54, 1.807) is 0 Å². The number of nitrogens with zero attached hydrogens (tertiary/aromatic N) is 1. The molecule has 4 nitrogen and oxygen atoms in total. The first-order valence-corrected chi connectivity index (χ1v) is 6.23. The SMILES string of the molecule is CC(C)CC1CCC(C(=O)O)N(C(=O)C(F)(F)F)C1. The number of carboxylic acid groups (broad SMARTS) is 1. The van der Waals surface area contributed by atoms with Crippen molar-refractivity contribution in [3.8, 4) is 0 Å². The Kier molecular flexibility index (Phi) is 4.81. The van der Waals surface area contributed by atoms with Gasteiger partial charge in [0.1, 0.15) is 6.04 Å². The Balaban J connectivity index is 2.85. The summed E-state index contributed by atoms with van der Waals surface area (Å²) in [5.74, 6) is -3.19. The molecule has 1 aliphatic heterocycles. The summed E-state index contributed by atoms with van der Waals surface area (Å²) in [6.45, 7) is 3.76. The minimum atomic E-state index is -5.02. The topological polar surface area (TPSA) is 57.6 Å². The number of amides is 1. The number of hydrogen-bond acceptors (Lipinski definition) is 2. The normalized spacial score (nSPS) is 24.6. The zero-order valence-corrected chi connectivity index (χ0v) is 10.9. The molecule has 0 spiro atoms. The summed E-state index contributed by atoms with van der Waals surface area (Å²) in [6, 6.07) is -1.36. The van der Waals surface area contributed by atoms with Gasteiger partial charge in [0, 0.05) is 6.54 Å². The average Bonchev–Trinajstić information content (AvgIpc) is 2.25. The Morgan fingerprint density at radius 3 is 2.32 bits per heavy atom. The highest BCUT2D eigenvalue weighted by atomic mass is 19.4. The molecule has 1 saturated heterocycles. The van der Waals surface area contributed by atoms with Gasteiger partial charge in [0.2, 0.25) is 0 Å². The van der Waals surface area contributed by atoms with Crippen molar-refractivity contribution < 1.29 is 27.9 Å². The van der Waals surface area contributed by atoms with Crippen molar-refractivity contribution in [2.45, 2.75) is 45.3 Å². The van der Waals surface area contributed by atoms with Crippen LogP contribution in [-0.2, 0) is 9.59 Å². The van der Waals surface area contributed by atoms with E-state index < -0.39 is 24.1 Å². The summed E-state index contributed by atoms with van der Waals surface area (Å²) >= 11 is 0. The molecule has 0 radical (unpaired) electrons. The number of rotatable bonds is 3. The van der Waals surface area contributed by atoms with E-state index in [0.717, 1.165) is 0 Å². The number of hydrogen-bond donors (Lipinski definition) is 1. The predicted octanol–water partition coefficient (Wildman–Crippen LogP) is 2.29. The summed E-state index contributed by atoms with van der Waals surface area (Å²) in [6.07, 6.45) is -3.72. The number of aliphatic carboxylic acids is 1. The quantitative estimate of drug-likeness (QED) is 0.863. The lowest BCUT2D eigenvalue weighted by atomic mass is 9.86. The number of halogens is 3. The van der Waals surface area contributed by atoms with Crippen LogP contribution in [0.15, 0.2) is 0 Å². The van der Waals surface area contributed by atoms with Gasteiger partial charge in [-0.1, -0.05) is 13.8 Å². The molecule has 1 amide bonds. The van der Waals surface area contributed by atoms with Crippen LogP contribution in [0, 0.1) is 11.8 Å². The lowest BCUT2D eigenvalue weighted by molar-refractivity contribution is -0.192. The smallest absolute Gasteiger partial charge is 0.471 e. The van der Waals surface area contributed by atoms with Crippen LogP contribution in [-0.4, -0.2) is 40.6 Å². The van der Waals surface area contributed by atoms with Gasteiger partial charge in [0.15, 0.2) is 0 Å². The molecule has 0 aliphatic carbocycles. The van der Waals surface area contributed by atoms with Gasteiger partial charge in [-0.05, 0) is 31.1 Å². The molecule has 7 heteroatoms. The van der Waals surface area contributed by atoms with E-state index in [0.29, 0.717) is 23.7 Å². The van der Waals surface area contributed by atoms with E-state index in [1.807, 2.05) is 13.8 Å². The maximum Gasteiger partial charge on any atom is 0.471 e. The second-order valence-electron chi connectivity index (χ2n) is 5.38. The van der Waals surface area contributed by atoms with Crippen molar-refractivity contribution >= 4 is 11.9 Å². The number of carbonyl (C=O) groups excluding carboxylic acids is 1. The zero-order chi connectivity index (χ0) is 14.8. The molecule has 1 aliphatic rings. The first kappa shape index (κ1) is 15.8. The molecule has 1 rings (SSSR count). The molecule has 2 atom stereocenters. The lowest BCUT2D eigenvalue weighted by Gasteiger charge is -2.38. The van der Waals surface area contributed by atoms with E-state index >= 15 is 0 Å². The molecule has 110 valence electrons. The molecule has 1 fully saturated rings. The van der Waals surface area contributed by atoms with Crippen LogP contribution >= 0.6 is 0 Å². The molecule has 0 aromatic rings. The van der Waals surface area contributed by atoms with Gasteiger partial charge in [-0.3, -0.25) is 4.79 Å². The summed E-state index contributed by atoms with van der Waals surface area (Å²) in [5, 5.41) is 8.93. The van der Waals surface area contributed by atoms with Crippen LogP contribution < -0.4 is 0 Å². The highest BCUT2D eigenvalue weighted by Gasteiger charge is 2.48. The van der Waals surface area contributed by atoms with Gasteiger partial charge in [-0.2, -0.15) is 13.2 Å². The number of piperidine rings is 1. The minimum absolute atomic E-state index is 0.0677. The van der Waals surface area contributed by atoms with Crippen LogP contribution in [0.3, 0.4) is 0 Å². The van der Waals surface area contributed by atoms with Crippen LogP contribution in [0.4, 0.5) is 13.2 Å². The Hall–Kier alpha value is -1.27. The third-order valence-electron chi connectivity index (χ3n) is 3.27. The summed E-state index contributed by atoms with van der Waals surface area (Å²) < 4.78 is 37.4. The van der Waals surface area contributed by atoms with Crippen molar-refractivity contribution in [3.05, 3.63) is 0 Å². The van der Waals surface area contributed by atoms with Gasteiger partial charge >= 0.3 is 18.1 Å². The van der Waals surface area contributed by atoms with E-state index in [-0.39, 0.29) is 18.9 Å². The second kappa shape index (κ2) is 5.79. The Morgan fingerprint density at radius 2 is 1.89 bits per heavy atom. The lowest BCUT2D eigenvalue weighted by Crippen LogP contribution is -2.54. The van der Waals surface area contributed by atoms with Crippen molar-refractivity contribution in [1.82, 2.24) is 4.90 Å². The van der Waals surface area contributed by atoms with E-state index in [2.05, 4.69) is 0 Å². The number of likely N-dealkylation sites (tertiary alicyclic amines) is 1. The monoisotopic (exact) mass is 281 g/mol. The molecule has 1 heterocycles. The van der Waals surface area contributed by atoms with Crippen molar-refractivity contribution in [2.24, 2.45) is 11.8 Å². The fraction of sp³-hybridized carbons (Fsp3) is 0.833. The van der Waals surface area contributed by atoms with Gasteiger partial charge in [-0.25, -0.2) is 4.79 Å². The van der Waals surface area contributed by atoms with Gasteiger partial charge < -0.3 is 10.0 Å². The standard InChI is InChI=1S/C12H18F3NO3/c1-7(2)5-8-3-4-9(10(17)18)16(6-8)11(19)12(13,14)15/h7-9H,3-6H2,1-2H3,(H,17,18).